The molecule has 0 aliphatic carbocycles. The van der Waals surface area contributed by atoms with E-state index >= 15 is 0 Å². The van der Waals surface area contributed by atoms with E-state index in [0.717, 1.165) is 0 Å². The van der Waals surface area contributed by atoms with Crippen LogP contribution in [0.5, 0.6) is 0 Å². The molecule has 0 aromatic carbocycles. The van der Waals surface area contributed by atoms with Gasteiger partial charge in [0.15, 0.2) is 0 Å². The summed E-state index contributed by atoms with van der Waals surface area (Å²) >= 11 is 0. The van der Waals surface area contributed by atoms with E-state index in [1.54, 1.807) is 0 Å². The van der Waals surface area contributed by atoms with Gasteiger partial charge in [-0.3, -0.25) is 0 Å². The molecule has 0 aliphatic heterocycles. The molecule has 0 spiro atoms. The summed E-state index contributed by atoms with van der Waals surface area (Å²) in [4.78, 5) is 17.9. The zero-order valence-corrected chi connectivity index (χ0v) is 5.13. The summed E-state index contributed by atoms with van der Waals surface area (Å²) in [6.45, 7) is 1.18. The molecule has 2 unspecified atom stereocenters. The first-order valence-corrected chi connectivity index (χ1v) is 3.22. The van der Waals surface area contributed by atoms with Crippen molar-refractivity contribution in [1.29, 1.82) is 0 Å². The quantitative estimate of drug-likeness (QED) is 0.533. The van der Waals surface area contributed by atoms with E-state index in [1.807, 2.05) is 0 Å². The molecule has 0 aromatic rings. The van der Waals surface area contributed by atoms with E-state index in [1.165, 1.54) is 6.92 Å². The second kappa shape index (κ2) is 2.74. The SMILES string of the molecule is CC(C(=O)O)[P+](=O)O. The zero-order chi connectivity index (χ0) is 6.73. The maximum Gasteiger partial charge on any atom is 0.520 e. The van der Waals surface area contributed by atoms with Crippen molar-refractivity contribution >= 4 is 14.0 Å². The molecule has 0 bridgehead atoms. The number of hydrogen-bond donors (Lipinski definition) is 2. The van der Waals surface area contributed by atoms with Crippen molar-refractivity contribution in [3.63, 3.8) is 0 Å². The Morgan fingerprint density at radius 3 is 2.12 bits per heavy atom. The van der Waals surface area contributed by atoms with Gasteiger partial charge in [0.2, 0.25) is 0 Å². The standard InChI is InChI=1S/C3H5O4P/c1-2(3(4)5)8(6)7/h2H,1H3,(H-,4,5,6,7)/p+1. The van der Waals surface area contributed by atoms with Gasteiger partial charge in [-0.2, -0.15) is 4.89 Å². The van der Waals surface area contributed by atoms with Crippen molar-refractivity contribution in [3.8, 4) is 0 Å². The van der Waals surface area contributed by atoms with Gasteiger partial charge in [-0.25, -0.2) is 4.79 Å². The third-order valence-electron chi connectivity index (χ3n) is 0.689. The average molecular weight is 137 g/mol. The number of carboxylic acid groups (broad SMARTS) is 1. The molecule has 0 fully saturated rings. The molecule has 5 heteroatoms. The number of rotatable bonds is 2. The molecule has 0 aromatic heterocycles. The second-order valence-electron chi connectivity index (χ2n) is 1.32. The van der Waals surface area contributed by atoms with Crippen LogP contribution in [0.4, 0.5) is 0 Å². The monoisotopic (exact) mass is 137 g/mol. The third kappa shape index (κ3) is 2.00. The van der Waals surface area contributed by atoms with Crippen molar-refractivity contribution in [2.75, 3.05) is 0 Å². The summed E-state index contributed by atoms with van der Waals surface area (Å²) in [5, 5.41) is 8.01. The van der Waals surface area contributed by atoms with Crippen LogP contribution in [0, 0.1) is 0 Å². The minimum atomic E-state index is -2.55. The Balaban J connectivity index is 3.83. The molecule has 8 heavy (non-hydrogen) atoms. The largest absolute Gasteiger partial charge is 0.520 e. The Hall–Kier alpha value is -0.470. The first-order valence-electron chi connectivity index (χ1n) is 1.93. The summed E-state index contributed by atoms with van der Waals surface area (Å²) < 4.78 is 9.91. The van der Waals surface area contributed by atoms with Crippen molar-refractivity contribution in [3.05, 3.63) is 0 Å². The fourth-order valence-corrected chi connectivity index (χ4v) is 0.283. The summed E-state index contributed by atoms with van der Waals surface area (Å²) in [6.07, 6.45) is 0. The van der Waals surface area contributed by atoms with Crippen molar-refractivity contribution in [2.45, 2.75) is 12.6 Å². The van der Waals surface area contributed by atoms with Crippen LogP contribution in [0.1, 0.15) is 6.92 Å². The minimum Gasteiger partial charge on any atom is -0.478 e. The Morgan fingerprint density at radius 2 is 2.12 bits per heavy atom. The maximum atomic E-state index is 9.91. The third-order valence-corrected chi connectivity index (χ3v) is 1.57. The topological polar surface area (TPSA) is 74.6 Å². The molecular formula is C3H6O4P+. The highest BCUT2D eigenvalue weighted by Gasteiger charge is 2.30. The Bertz CT molecular complexity index is 106. The summed E-state index contributed by atoms with van der Waals surface area (Å²) in [6, 6.07) is 0. The molecular weight excluding hydrogens is 131 g/mol. The number of carboxylic acids is 1. The lowest BCUT2D eigenvalue weighted by Crippen LogP contribution is -2.10. The van der Waals surface area contributed by atoms with Gasteiger partial charge in [0.25, 0.3) is 5.66 Å². The molecule has 0 saturated carbocycles. The highest BCUT2D eigenvalue weighted by molar-refractivity contribution is 7.40. The van der Waals surface area contributed by atoms with Crippen LogP contribution in [0.2, 0.25) is 0 Å². The smallest absolute Gasteiger partial charge is 0.478 e. The lowest BCUT2D eigenvalue weighted by molar-refractivity contribution is -0.136. The van der Waals surface area contributed by atoms with Crippen LogP contribution in [0.25, 0.3) is 0 Å². The zero-order valence-electron chi connectivity index (χ0n) is 4.24. The summed E-state index contributed by atoms with van der Waals surface area (Å²) in [5.74, 6) is -1.24. The van der Waals surface area contributed by atoms with Crippen LogP contribution in [-0.2, 0) is 9.36 Å². The minimum absolute atomic E-state index is 1.15. The molecule has 0 amide bonds. The van der Waals surface area contributed by atoms with Crippen LogP contribution in [0.15, 0.2) is 0 Å². The predicted octanol–water partition coefficient (Wildman–Crippen LogP) is 0.194. The molecule has 4 nitrogen and oxygen atoms in total. The summed E-state index contributed by atoms with van der Waals surface area (Å²) in [5.41, 5.74) is -1.15. The molecule has 0 saturated heterocycles. The van der Waals surface area contributed by atoms with E-state index in [0.29, 0.717) is 0 Å². The van der Waals surface area contributed by atoms with Gasteiger partial charge in [0.1, 0.15) is 0 Å². The number of hydrogen-bond acceptors (Lipinski definition) is 2. The molecule has 2 N–H and O–H groups in total. The van der Waals surface area contributed by atoms with Gasteiger partial charge < -0.3 is 5.11 Å². The van der Waals surface area contributed by atoms with Gasteiger partial charge in [0, 0.05) is 0 Å². The van der Waals surface area contributed by atoms with Crippen LogP contribution >= 0.6 is 8.03 Å². The van der Waals surface area contributed by atoms with E-state index < -0.39 is 19.7 Å². The number of carbonyl (C=O) groups is 1. The first kappa shape index (κ1) is 7.53. The van der Waals surface area contributed by atoms with Crippen molar-refractivity contribution < 1.29 is 19.4 Å². The van der Waals surface area contributed by atoms with E-state index in [2.05, 4.69) is 0 Å². The van der Waals surface area contributed by atoms with E-state index in [-0.39, 0.29) is 0 Å². The normalized spacial score (nSPS) is 15.0. The van der Waals surface area contributed by atoms with Gasteiger partial charge in [-0.05, 0) is 11.5 Å². The molecule has 0 heterocycles. The van der Waals surface area contributed by atoms with Crippen LogP contribution < -0.4 is 0 Å². The van der Waals surface area contributed by atoms with Crippen molar-refractivity contribution in [2.24, 2.45) is 0 Å². The van der Waals surface area contributed by atoms with Gasteiger partial charge in [-0.15, -0.1) is 0 Å². The molecule has 2 atom stereocenters. The second-order valence-corrected chi connectivity index (χ2v) is 2.70. The predicted molar refractivity (Wildman–Crippen MR) is 26.9 cm³/mol. The van der Waals surface area contributed by atoms with Crippen LogP contribution in [-0.4, -0.2) is 21.6 Å². The summed E-state index contributed by atoms with van der Waals surface area (Å²) in [7, 11) is -2.55. The Morgan fingerprint density at radius 1 is 1.75 bits per heavy atom. The molecule has 0 radical (unpaired) electrons. The molecule has 46 valence electrons. The van der Waals surface area contributed by atoms with Gasteiger partial charge >= 0.3 is 14.0 Å². The lowest BCUT2D eigenvalue weighted by atomic mass is 10.5. The van der Waals surface area contributed by atoms with Crippen molar-refractivity contribution in [1.82, 2.24) is 0 Å². The Labute approximate surface area is 47.0 Å². The first-order chi connectivity index (χ1) is 3.55. The van der Waals surface area contributed by atoms with Gasteiger partial charge in [0.05, 0.1) is 0 Å². The Kier molecular flexibility index (Phi) is 2.58. The maximum absolute atomic E-state index is 9.91. The van der Waals surface area contributed by atoms with E-state index in [9.17, 15) is 9.36 Å². The highest BCUT2D eigenvalue weighted by Crippen LogP contribution is 2.20. The van der Waals surface area contributed by atoms with Crippen LogP contribution in [0.3, 0.4) is 0 Å². The highest BCUT2D eigenvalue weighted by atomic mass is 31.1. The molecule has 0 rings (SSSR count). The number of aliphatic carboxylic acids is 1. The van der Waals surface area contributed by atoms with E-state index in [4.69, 9.17) is 10.00 Å². The van der Waals surface area contributed by atoms with Gasteiger partial charge in [-0.1, -0.05) is 0 Å². The average Bonchev–Trinajstić information content (AvgIpc) is 1.64. The molecule has 0 aliphatic rings. The fraction of sp³-hybridized carbons (Fsp3) is 0.667. The fourth-order valence-electron chi connectivity index (χ4n) is 0.0945. The lowest BCUT2D eigenvalue weighted by Gasteiger charge is -1.83.